The Balaban J connectivity index is 4.50. The number of carbonyl (C=O) groups excluding carboxylic acids is 3. The van der Waals surface area contributed by atoms with E-state index in [-0.39, 0.29) is 37.5 Å². The van der Waals surface area contributed by atoms with Crippen LogP contribution in [-0.2, 0) is 28.6 Å². The Morgan fingerprint density at radius 1 is 0.256 bits per heavy atom. The van der Waals surface area contributed by atoms with Gasteiger partial charge < -0.3 is 14.2 Å². The average Bonchev–Trinajstić information content (AvgIpc) is 3.47. The summed E-state index contributed by atoms with van der Waals surface area (Å²) in [5, 5.41) is 0. The highest BCUT2D eigenvalue weighted by Crippen LogP contribution is 2.15. The minimum atomic E-state index is -0.825. The highest BCUT2D eigenvalue weighted by molar-refractivity contribution is 5.71. The Labute approximate surface area is 506 Å². The van der Waals surface area contributed by atoms with Gasteiger partial charge in [0.2, 0.25) is 0 Å². The van der Waals surface area contributed by atoms with Crippen LogP contribution in [0.4, 0.5) is 0 Å². The van der Waals surface area contributed by atoms with Crippen LogP contribution < -0.4 is 0 Å². The fourth-order valence-corrected chi connectivity index (χ4v) is 9.00. The molecule has 0 heterocycles. The maximum atomic E-state index is 12.9. The van der Waals surface area contributed by atoms with E-state index >= 15 is 0 Å². The van der Waals surface area contributed by atoms with E-state index in [0.29, 0.717) is 19.3 Å². The summed E-state index contributed by atoms with van der Waals surface area (Å²) in [4.78, 5) is 38.4. The molecule has 0 bridgehead atoms. The molecule has 0 aromatic rings. The molecule has 0 amide bonds. The lowest BCUT2D eigenvalue weighted by atomic mass is 10.1. The van der Waals surface area contributed by atoms with Crippen molar-refractivity contribution in [3.05, 3.63) is 146 Å². The Morgan fingerprint density at radius 2 is 0.488 bits per heavy atom. The molecule has 0 aliphatic heterocycles. The molecule has 0 saturated carbocycles. The molecule has 0 fully saturated rings. The quantitative estimate of drug-likeness (QED) is 0.0261. The zero-order chi connectivity index (χ0) is 59.2. The summed E-state index contributed by atoms with van der Waals surface area (Å²) in [7, 11) is 0. The lowest BCUT2D eigenvalue weighted by Crippen LogP contribution is -2.30. The van der Waals surface area contributed by atoms with Crippen LogP contribution in [-0.4, -0.2) is 37.2 Å². The second-order valence-electron chi connectivity index (χ2n) is 22.0. The summed E-state index contributed by atoms with van der Waals surface area (Å²) < 4.78 is 16.9. The average molecular weight is 1130 g/mol. The lowest BCUT2D eigenvalue weighted by Gasteiger charge is -2.18. The molecule has 82 heavy (non-hydrogen) atoms. The van der Waals surface area contributed by atoms with E-state index in [9.17, 15) is 14.4 Å². The van der Waals surface area contributed by atoms with Gasteiger partial charge in [-0.2, -0.15) is 0 Å². The number of unbranched alkanes of at least 4 members (excludes halogenated alkanes) is 25. The Bertz CT molecular complexity index is 1780. The minimum absolute atomic E-state index is 0.113. The van der Waals surface area contributed by atoms with Crippen LogP contribution in [0.15, 0.2) is 146 Å². The summed E-state index contributed by atoms with van der Waals surface area (Å²) >= 11 is 0. The SMILES string of the molecule is CC/C=C\C/C=C\C/C=C\C/C=C\C/C=C\C/C=C\C/C=C\CCCC(=O)OC(COC(=O)CCCCCCC/C=C\C/C=C\CCCCCC)COC(=O)CCCCCCCCCCCC/C=C\C/C=C\C/C=C\CCCCCCC. The molecule has 1 unspecified atom stereocenters. The van der Waals surface area contributed by atoms with E-state index in [2.05, 4.69) is 167 Å². The largest absolute Gasteiger partial charge is 0.462 e. The molecule has 6 nitrogen and oxygen atoms in total. The summed E-state index contributed by atoms with van der Waals surface area (Å²) in [6, 6.07) is 0. The summed E-state index contributed by atoms with van der Waals surface area (Å²) in [5.74, 6) is -0.988. The fraction of sp³-hybridized carbons (Fsp3) is 0.645. The molecule has 0 aliphatic rings. The maximum absolute atomic E-state index is 12.9. The second kappa shape index (κ2) is 68.8. The highest BCUT2D eigenvalue weighted by atomic mass is 16.6. The van der Waals surface area contributed by atoms with Gasteiger partial charge in [-0.1, -0.05) is 282 Å². The van der Waals surface area contributed by atoms with Gasteiger partial charge in [0.15, 0.2) is 6.10 Å². The first-order valence-corrected chi connectivity index (χ1v) is 33.8. The van der Waals surface area contributed by atoms with Crippen molar-refractivity contribution in [1.82, 2.24) is 0 Å². The Kier molecular flexibility index (Phi) is 64.8. The van der Waals surface area contributed by atoms with E-state index < -0.39 is 6.10 Å². The first-order valence-electron chi connectivity index (χ1n) is 33.8. The normalized spacial score (nSPS) is 13.1. The number of rotatable bonds is 60. The topological polar surface area (TPSA) is 78.9 Å². The van der Waals surface area contributed by atoms with Crippen molar-refractivity contribution < 1.29 is 28.6 Å². The predicted octanol–water partition coefficient (Wildman–Crippen LogP) is 23.5. The third kappa shape index (κ3) is 66.1. The molecular weight excluding hydrogens is 1010 g/mol. The van der Waals surface area contributed by atoms with Crippen LogP contribution in [0.25, 0.3) is 0 Å². The van der Waals surface area contributed by atoms with Gasteiger partial charge in [-0.3, -0.25) is 14.4 Å². The minimum Gasteiger partial charge on any atom is -0.462 e. The first-order chi connectivity index (χ1) is 40.5. The van der Waals surface area contributed by atoms with Crippen molar-refractivity contribution >= 4 is 17.9 Å². The molecular formula is C76H124O6. The van der Waals surface area contributed by atoms with Gasteiger partial charge in [0, 0.05) is 19.3 Å². The van der Waals surface area contributed by atoms with E-state index in [1.54, 1.807) is 0 Å². The van der Waals surface area contributed by atoms with Crippen LogP contribution in [0.1, 0.15) is 297 Å². The molecule has 0 radical (unpaired) electrons. The van der Waals surface area contributed by atoms with Gasteiger partial charge in [-0.25, -0.2) is 0 Å². The zero-order valence-corrected chi connectivity index (χ0v) is 53.2. The molecule has 1 atom stereocenters. The number of hydrogen-bond acceptors (Lipinski definition) is 6. The summed E-state index contributed by atoms with van der Waals surface area (Å²) in [6.07, 6.45) is 98.6. The molecule has 464 valence electrons. The highest BCUT2D eigenvalue weighted by Gasteiger charge is 2.19. The smallest absolute Gasteiger partial charge is 0.306 e. The van der Waals surface area contributed by atoms with Crippen molar-refractivity contribution in [3.8, 4) is 0 Å². The second-order valence-corrected chi connectivity index (χ2v) is 22.0. The monoisotopic (exact) mass is 1130 g/mol. The van der Waals surface area contributed by atoms with Gasteiger partial charge >= 0.3 is 17.9 Å². The lowest BCUT2D eigenvalue weighted by molar-refractivity contribution is -0.167. The number of carbonyl (C=O) groups is 3. The first kappa shape index (κ1) is 77.3. The van der Waals surface area contributed by atoms with E-state index in [1.165, 1.54) is 122 Å². The van der Waals surface area contributed by atoms with Crippen LogP contribution >= 0.6 is 0 Å². The van der Waals surface area contributed by atoms with Gasteiger partial charge in [0.1, 0.15) is 13.2 Å². The molecule has 0 spiro atoms. The van der Waals surface area contributed by atoms with E-state index in [1.807, 2.05) is 0 Å². The van der Waals surface area contributed by atoms with Gasteiger partial charge in [0.25, 0.3) is 0 Å². The van der Waals surface area contributed by atoms with Crippen molar-refractivity contribution in [2.24, 2.45) is 0 Å². The van der Waals surface area contributed by atoms with Gasteiger partial charge in [-0.05, 0) is 141 Å². The van der Waals surface area contributed by atoms with Crippen molar-refractivity contribution in [2.75, 3.05) is 13.2 Å². The molecule has 0 aliphatic carbocycles. The van der Waals surface area contributed by atoms with E-state index in [4.69, 9.17) is 14.2 Å². The molecule has 6 heteroatoms. The Hall–Kier alpha value is -4.71. The number of ether oxygens (including phenoxy) is 3. The van der Waals surface area contributed by atoms with Gasteiger partial charge in [0.05, 0.1) is 0 Å². The van der Waals surface area contributed by atoms with Crippen molar-refractivity contribution in [2.45, 2.75) is 303 Å². The van der Waals surface area contributed by atoms with Crippen LogP contribution in [0.5, 0.6) is 0 Å². The number of allylic oxidation sites excluding steroid dienone is 24. The van der Waals surface area contributed by atoms with Gasteiger partial charge in [-0.15, -0.1) is 0 Å². The molecule has 0 aromatic heterocycles. The third-order valence-electron chi connectivity index (χ3n) is 14.0. The summed E-state index contributed by atoms with van der Waals surface area (Å²) in [6.45, 7) is 6.45. The molecule has 0 N–H and O–H groups in total. The Morgan fingerprint density at radius 3 is 0.793 bits per heavy atom. The molecule has 0 saturated heterocycles. The number of esters is 3. The molecule has 0 aromatic carbocycles. The van der Waals surface area contributed by atoms with E-state index in [0.717, 1.165) is 128 Å². The van der Waals surface area contributed by atoms with Crippen LogP contribution in [0.2, 0.25) is 0 Å². The zero-order valence-electron chi connectivity index (χ0n) is 53.2. The van der Waals surface area contributed by atoms with Crippen molar-refractivity contribution in [1.29, 1.82) is 0 Å². The van der Waals surface area contributed by atoms with Crippen molar-refractivity contribution in [3.63, 3.8) is 0 Å². The third-order valence-corrected chi connectivity index (χ3v) is 14.0. The predicted molar refractivity (Wildman–Crippen MR) is 357 cm³/mol. The van der Waals surface area contributed by atoms with Crippen LogP contribution in [0, 0.1) is 0 Å². The maximum Gasteiger partial charge on any atom is 0.306 e. The number of hydrogen-bond donors (Lipinski definition) is 0. The summed E-state index contributed by atoms with van der Waals surface area (Å²) in [5.41, 5.74) is 0. The van der Waals surface area contributed by atoms with Crippen LogP contribution in [0.3, 0.4) is 0 Å². The standard InChI is InChI=1S/C76H124O6/c1-4-7-10-13-16-19-22-25-28-31-33-35-37-38-40-41-43-45-48-51-54-57-60-63-66-69-75(78)81-72-73(71-80-74(77)68-65-62-59-56-53-50-47-30-27-24-21-18-15-12-9-6-3)82-76(79)70-67-64-61-58-55-52-49-46-44-42-39-36-34-32-29-26-23-20-17-14-11-8-5-2/h8,11,17,20-22,24-26,29-31,33-34,36-38,42,44,47,49,52,58,61,73H,4-7,9-10,12-16,18-19,23,27-28,32,35,39-41,43,45-46,48,50-51,53-57,59-60,62-72H2,1-3H3/b11-8-,20-17-,24-21-,25-22-,29-26-,33-31-,36-34-,38-37-,44-42-,47-30-,52-49-,61-58-. The molecule has 0 rings (SSSR count). The fourth-order valence-electron chi connectivity index (χ4n) is 9.00.